The number of unbranched alkanes of at least 4 members (excludes halogenated alkanes) is 1. The van der Waals surface area contributed by atoms with Crippen LogP contribution in [0.1, 0.15) is 58.6 Å². The van der Waals surface area contributed by atoms with E-state index >= 15 is 0 Å². The van der Waals surface area contributed by atoms with Gasteiger partial charge >= 0.3 is 0 Å². The van der Waals surface area contributed by atoms with E-state index in [1.165, 1.54) is 11.1 Å². The summed E-state index contributed by atoms with van der Waals surface area (Å²) in [6, 6.07) is 8.44. The van der Waals surface area contributed by atoms with Gasteiger partial charge in [-0.1, -0.05) is 24.3 Å². The summed E-state index contributed by atoms with van der Waals surface area (Å²) in [4.78, 5) is 4.69. The van der Waals surface area contributed by atoms with Crippen LogP contribution < -0.4 is 10.6 Å². The van der Waals surface area contributed by atoms with Crippen molar-refractivity contribution < 1.29 is 9.47 Å². The van der Waals surface area contributed by atoms with Crippen LogP contribution >= 0.6 is 24.0 Å². The normalized spacial score (nSPS) is 11.8. The van der Waals surface area contributed by atoms with Crippen molar-refractivity contribution in [3.05, 3.63) is 35.4 Å². The Morgan fingerprint density at radius 2 is 1.81 bits per heavy atom. The standard InChI is InChI=1S/C21H37N3O2.HI/c1-6-22-20(23-13-8-9-14-25-7-2)24-16-18-11-10-12-19(15-18)17-26-21(3,4)5;/h10-12,15H,6-9,13-14,16-17H2,1-5H3,(H2,22,23,24);1H. The molecule has 5 nitrogen and oxygen atoms in total. The molecular weight excluding hydrogens is 453 g/mol. The molecule has 0 aliphatic carbocycles. The highest BCUT2D eigenvalue weighted by Gasteiger charge is 2.10. The number of hydrogen-bond donors (Lipinski definition) is 2. The van der Waals surface area contributed by atoms with Gasteiger partial charge in [-0.2, -0.15) is 0 Å². The van der Waals surface area contributed by atoms with Gasteiger partial charge in [0.25, 0.3) is 0 Å². The van der Waals surface area contributed by atoms with Gasteiger partial charge in [0, 0.05) is 26.3 Å². The SMILES string of the molecule is CCNC(=NCc1cccc(COC(C)(C)C)c1)NCCCCOCC.I. The second kappa shape index (κ2) is 15.1. The van der Waals surface area contributed by atoms with Gasteiger partial charge in [-0.3, -0.25) is 0 Å². The second-order valence-corrected chi connectivity index (χ2v) is 7.25. The lowest BCUT2D eigenvalue weighted by Gasteiger charge is -2.19. The van der Waals surface area contributed by atoms with Crippen molar-refractivity contribution in [2.24, 2.45) is 4.99 Å². The van der Waals surface area contributed by atoms with Crippen LogP contribution in [0.15, 0.2) is 29.3 Å². The van der Waals surface area contributed by atoms with E-state index in [2.05, 4.69) is 62.6 Å². The summed E-state index contributed by atoms with van der Waals surface area (Å²) in [7, 11) is 0. The molecule has 0 aromatic heterocycles. The smallest absolute Gasteiger partial charge is 0.191 e. The monoisotopic (exact) mass is 491 g/mol. The van der Waals surface area contributed by atoms with Crippen molar-refractivity contribution in [2.75, 3.05) is 26.3 Å². The topological polar surface area (TPSA) is 54.9 Å². The molecule has 0 aliphatic heterocycles. The quantitative estimate of drug-likeness (QED) is 0.207. The molecule has 6 heteroatoms. The lowest BCUT2D eigenvalue weighted by atomic mass is 10.1. The predicted octanol–water partition coefficient (Wildman–Crippen LogP) is 4.49. The molecule has 2 N–H and O–H groups in total. The number of benzene rings is 1. The molecular formula is C21H38IN3O2. The maximum absolute atomic E-state index is 5.86. The van der Waals surface area contributed by atoms with Crippen LogP contribution in [0.25, 0.3) is 0 Å². The first kappa shape index (κ1) is 26.1. The molecule has 156 valence electrons. The molecule has 0 heterocycles. The molecule has 0 aliphatic rings. The van der Waals surface area contributed by atoms with Crippen molar-refractivity contribution >= 4 is 29.9 Å². The molecule has 0 spiro atoms. The zero-order valence-corrected chi connectivity index (χ0v) is 20.0. The third kappa shape index (κ3) is 13.9. The molecule has 0 atom stereocenters. The zero-order chi connectivity index (χ0) is 19.3. The molecule has 0 radical (unpaired) electrons. The van der Waals surface area contributed by atoms with Crippen molar-refractivity contribution in [2.45, 2.75) is 66.2 Å². The summed E-state index contributed by atoms with van der Waals surface area (Å²) in [5, 5.41) is 6.68. The number of halogens is 1. The van der Waals surface area contributed by atoms with Crippen LogP contribution in [0, 0.1) is 0 Å². The van der Waals surface area contributed by atoms with Gasteiger partial charge in [-0.05, 0) is 58.6 Å². The summed E-state index contributed by atoms with van der Waals surface area (Å²) in [6.07, 6.45) is 2.14. The Hall–Kier alpha value is -0.860. The maximum atomic E-state index is 5.86. The first-order valence-electron chi connectivity index (χ1n) is 9.76. The number of aliphatic imine (C=N–C) groups is 1. The minimum absolute atomic E-state index is 0. The predicted molar refractivity (Wildman–Crippen MR) is 125 cm³/mol. The molecule has 0 unspecified atom stereocenters. The van der Waals surface area contributed by atoms with Gasteiger partial charge in [0.05, 0.1) is 18.8 Å². The highest BCUT2D eigenvalue weighted by atomic mass is 127. The van der Waals surface area contributed by atoms with E-state index in [9.17, 15) is 0 Å². The summed E-state index contributed by atoms with van der Waals surface area (Å²) in [6.45, 7) is 15.0. The molecule has 0 bridgehead atoms. The van der Waals surface area contributed by atoms with E-state index in [0.29, 0.717) is 13.2 Å². The van der Waals surface area contributed by atoms with E-state index in [-0.39, 0.29) is 29.6 Å². The maximum Gasteiger partial charge on any atom is 0.191 e. The van der Waals surface area contributed by atoms with Crippen LogP contribution in [0.5, 0.6) is 0 Å². The number of guanidine groups is 1. The largest absolute Gasteiger partial charge is 0.382 e. The van der Waals surface area contributed by atoms with Crippen LogP contribution in [-0.4, -0.2) is 37.9 Å². The van der Waals surface area contributed by atoms with E-state index < -0.39 is 0 Å². The van der Waals surface area contributed by atoms with E-state index in [1.807, 2.05) is 6.92 Å². The van der Waals surface area contributed by atoms with Crippen LogP contribution in [-0.2, 0) is 22.6 Å². The van der Waals surface area contributed by atoms with E-state index in [1.54, 1.807) is 0 Å². The summed E-state index contributed by atoms with van der Waals surface area (Å²) < 4.78 is 11.2. The number of ether oxygens (including phenoxy) is 2. The minimum atomic E-state index is -0.127. The minimum Gasteiger partial charge on any atom is -0.382 e. The third-order valence-corrected chi connectivity index (χ3v) is 3.64. The van der Waals surface area contributed by atoms with Crippen molar-refractivity contribution in [3.8, 4) is 0 Å². The first-order chi connectivity index (χ1) is 12.4. The third-order valence-electron chi connectivity index (χ3n) is 3.64. The Kier molecular flexibility index (Phi) is 14.6. The summed E-state index contributed by atoms with van der Waals surface area (Å²) in [5.74, 6) is 0.861. The molecule has 0 saturated carbocycles. The fourth-order valence-corrected chi connectivity index (χ4v) is 2.31. The molecule has 27 heavy (non-hydrogen) atoms. The lowest BCUT2D eigenvalue weighted by Crippen LogP contribution is -2.37. The van der Waals surface area contributed by atoms with Gasteiger partial charge in [0.2, 0.25) is 0 Å². The van der Waals surface area contributed by atoms with Crippen molar-refractivity contribution in [1.82, 2.24) is 10.6 Å². The van der Waals surface area contributed by atoms with Gasteiger partial charge in [-0.15, -0.1) is 24.0 Å². The Morgan fingerprint density at radius 3 is 2.48 bits per heavy atom. The average molecular weight is 491 g/mol. The second-order valence-electron chi connectivity index (χ2n) is 7.25. The molecule has 1 aromatic rings. The molecule has 1 aromatic carbocycles. The fourth-order valence-electron chi connectivity index (χ4n) is 2.31. The molecule has 0 fully saturated rings. The van der Waals surface area contributed by atoms with Crippen LogP contribution in [0.4, 0.5) is 0 Å². The average Bonchev–Trinajstić information content (AvgIpc) is 2.60. The highest BCUT2D eigenvalue weighted by Crippen LogP contribution is 2.13. The number of rotatable bonds is 11. The van der Waals surface area contributed by atoms with Crippen molar-refractivity contribution in [3.63, 3.8) is 0 Å². The Labute approximate surface area is 182 Å². The van der Waals surface area contributed by atoms with Gasteiger partial charge < -0.3 is 20.1 Å². The Morgan fingerprint density at radius 1 is 1.07 bits per heavy atom. The fraction of sp³-hybridized carbons (Fsp3) is 0.667. The molecule has 1 rings (SSSR count). The summed E-state index contributed by atoms with van der Waals surface area (Å²) in [5.41, 5.74) is 2.24. The molecule has 0 saturated heterocycles. The Balaban J connectivity index is 0.00000676. The van der Waals surface area contributed by atoms with Gasteiger partial charge in [0.1, 0.15) is 0 Å². The summed E-state index contributed by atoms with van der Waals surface area (Å²) >= 11 is 0. The molecule has 0 amide bonds. The lowest BCUT2D eigenvalue weighted by molar-refractivity contribution is -0.0149. The number of hydrogen-bond acceptors (Lipinski definition) is 3. The van der Waals surface area contributed by atoms with Gasteiger partial charge in [0.15, 0.2) is 5.96 Å². The van der Waals surface area contributed by atoms with Crippen molar-refractivity contribution in [1.29, 1.82) is 0 Å². The first-order valence-corrected chi connectivity index (χ1v) is 9.76. The van der Waals surface area contributed by atoms with E-state index in [0.717, 1.165) is 45.1 Å². The number of nitrogens with zero attached hydrogens (tertiary/aromatic N) is 1. The number of nitrogens with one attached hydrogen (secondary N) is 2. The van der Waals surface area contributed by atoms with E-state index in [4.69, 9.17) is 14.5 Å². The Bertz CT molecular complexity index is 530. The van der Waals surface area contributed by atoms with Crippen LogP contribution in [0.3, 0.4) is 0 Å². The van der Waals surface area contributed by atoms with Crippen LogP contribution in [0.2, 0.25) is 0 Å². The highest BCUT2D eigenvalue weighted by molar-refractivity contribution is 14.0. The zero-order valence-electron chi connectivity index (χ0n) is 17.6. The van der Waals surface area contributed by atoms with Gasteiger partial charge in [-0.25, -0.2) is 4.99 Å².